The minimum absolute atomic E-state index is 0.0435. The zero-order valence-corrected chi connectivity index (χ0v) is 12.4. The molecule has 0 fully saturated rings. The molecule has 0 aliphatic heterocycles. The van der Waals surface area contributed by atoms with E-state index >= 15 is 0 Å². The van der Waals surface area contributed by atoms with E-state index in [1.165, 1.54) is 4.88 Å². The van der Waals surface area contributed by atoms with Gasteiger partial charge in [0.05, 0.1) is 23.4 Å². The average molecular weight is 276 g/mol. The van der Waals surface area contributed by atoms with E-state index in [1.54, 1.807) is 11.3 Å². The molecule has 0 radical (unpaired) electrons. The smallest absolute Gasteiger partial charge is 0.0900 e. The molecule has 3 nitrogen and oxygen atoms in total. The highest BCUT2D eigenvalue weighted by Crippen LogP contribution is 2.26. The van der Waals surface area contributed by atoms with Crippen molar-refractivity contribution in [3.63, 3.8) is 0 Å². The SMILES string of the molecule is Cc1nc(C)c(C(C)N[C@H](CO)c2ccccc2)s1. The number of aromatic nitrogens is 1. The van der Waals surface area contributed by atoms with E-state index in [4.69, 9.17) is 0 Å². The van der Waals surface area contributed by atoms with E-state index in [0.717, 1.165) is 16.3 Å². The lowest BCUT2D eigenvalue weighted by molar-refractivity contribution is 0.236. The Morgan fingerprint density at radius 1 is 1.26 bits per heavy atom. The Balaban J connectivity index is 2.13. The van der Waals surface area contributed by atoms with Crippen LogP contribution in [0.15, 0.2) is 30.3 Å². The van der Waals surface area contributed by atoms with E-state index in [-0.39, 0.29) is 18.7 Å². The summed E-state index contributed by atoms with van der Waals surface area (Å²) in [4.78, 5) is 5.70. The lowest BCUT2D eigenvalue weighted by Gasteiger charge is -2.21. The van der Waals surface area contributed by atoms with Crippen LogP contribution < -0.4 is 5.32 Å². The molecule has 0 aliphatic rings. The van der Waals surface area contributed by atoms with Crippen LogP contribution in [0.3, 0.4) is 0 Å². The Bertz CT molecular complexity index is 524. The van der Waals surface area contributed by atoms with Gasteiger partial charge in [0.25, 0.3) is 0 Å². The molecule has 102 valence electrons. The minimum Gasteiger partial charge on any atom is -0.394 e. The molecule has 2 N–H and O–H groups in total. The third-order valence-electron chi connectivity index (χ3n) is 3.17. The number of aliphatic hydroxyl groups excluding tert-OH is 1. The fourth-order valence-corrected chi connectivity index (χ4v) is 3.20. The lowest BCUT2D eigenvalue weighted by Crippen LogP contribution is -2.27. The Morgan fingerprint density at radius 2 is 1.95 bits per heavy atom. The number of rotatable bonds is 5. The van der Waals surface area contributed by atoms with Gasteiger partial charge in [-0.1, -0.05) is 30.3 Å². The van der Waals surface area contributed by atoms with Crippen LogP contribution in [0.25, 0.3) is 0 Å². The summed E-state index contributed by atoms with van der Waals surface area (Å²) in [6.45, 7) is 6.26. The molecule has 0 saturated carbocycles. The van der Waals surface area contributed by atoms with Crippen molar-refractivity contribution in [1.29, 1.82) is 0 Å². The standard InChI is InChI=1S/C15H20N2OS/c1-10-15(19-12(3)16-10)11(2)17-14(9-18)13-7-5-4-6-8-13/h4-8,11,14,17-18H,9H2,1-3H3/t11?,14-/m1/s1. The third kappa shape index (κ3) is 3.41. The summed E-state index contributed by atoms with van der Waals surface area (Å²) in [5, 5.41) is 14.1. The highest BCUT2D eigenvalue weighted by atomic mass is 32.1. The van der Waals surface area contributed by atoms with Crippen LogP contribution in [0, 0.1) is 13.8 Å². The summed E-state index contributed by atoms with van der Waals surface area (Å²) in [6, 6.07) is 10.2. The molecule has 1 unspecified atom stereocenters. The van der Waals surface area contributed by atoms with Gasteiger partial charge in [-0.2, -0.15) is 0 Å². The Hall–Kier alpha value is -1.23. The summed E-state index contributed by atoms with van der Waals surface area (Å²) < 4.78 is 0. The molecule has 1 aromatic carbocycles. The molecule has 4 heteroatoms. The predicted octanol–water partition coefficient (Wildman–Crippen LogP) is 3.14. The van der Waals surface area contributed by atoms with Gasteiger partial charge in [-0.25, -0.2) is 4.98 Å². The van der Waals surface area contributed by atoms with E-state index in [1.807, 2.05) is 44.2 Å². The molecule has 0 spiro atoms. The molecule has 1 aromatic heterocycles. The summed E-state index contributed by atoms with van der Waals surface area (Å²) in [5.74, 6) is 0. The maximum absolute atomic E-state index is 9.58. The maximum atomic E-state index is 9.58. The van der Waals surface area contributed by atoms with Crippen molar-refractivity contribution in [3.05, 3.63) is 51.5 Å². The molecule has 2 aromatic rings. The van der Waals surface area contributed by atoms with Gasteiger partial charge in [0.1, 0.15) is 0 Å². The highest BCUT2D eigenvalue weighted by molar-refractivity contribution is 7.11. The molecule has 0 aliphatic carbocycles. The van der Waals surface area contributed by atoms with Gasteiger partial charge in [0.2, 0.25) is 0 Å². The van der Waals surface area contributed by atoms with Crippen molar-refractivity contribution in [3.8, 4) is 0 Å². The van der Waals surface area contributed by atoms with Gasteiger partial charge in [-0.3, -0.25) is 0 Å². The van der Waals surface area contributed by atoms with Crippen LogP contribution in [0.4, 0.5) is 0 Å². The monoisotopic (exact) mass is 276 g/mol. The van der Waals surface area contributed by atoms with Crippen LogP contribution in [0.1, 0.15) is 40.1 Å². The molecule has 0 bridgehead atoms. The number of aryl methyl sites for hydroxylation is 2. The third-order valence-corrected chi connectivity index (χ3v) is 4.42. The van der Waals surface area contributed by atoms with E-state index in [9.17, 15) is 5.11 Å². The van der Waals surface area contributed by atoms with Crippen molar-refractivity contribution in [2.24, 2.45) is 0 Å². The number of nitrogens with one attached hydrogen (secondary N) is 1. The van der Waals surface area contributed by atoms with Gasteiger partial charge in [0.15, 0.2) is 0 Å². The van der Waals surface area contributed by atoms with Gasteiger partial charge in [0, 0.05) is 10.9 Å². The van der Waals surface area contributed by atoms with E-state index in [0.29, 0.717) is 0 Å². The lowest BCUT2D eigenvalue weighted by atomic mass is 10.1. The number of thiazole rings is 1. The molecule has 2 atom stereocenters. The van der Waals surface area contributed by atoms with Gasteiger partial charge in [-0.05, 0) is 26.3 Å². The fourth-order valence-electron chi connectivity index (χ4n) is 2.27. The molecule has 0 saturated heterocycles. The number of benzene rings is 1. The second kappa shape index (κ2) is 6.28. The summed E-state index contributed by atoms with van der Waals surface area (Å²) in [7, 11) is 0. The molecule has 19 heavy (non-hydrogen) atoms. The first-order valence-corrected chi connectivity index (χ1v) is 7.29. The zero-order valence-electron chi connectivity index (χ0n) is 11.6. The van der Waals surface area contributed by atoms with Crippen molar-refractivity contribution in [2.45, 2.75) is 32.9 Å². The molecular weight excluding hydrogens is 256 g/mol. The van der Waals surface area contributed by atoms with Gasteiger partial charge in [-0.15, -0.1) is 11.3 Å². The summed E-state index contributed by atoms with van der Waals surface area (Å²) >= 11 is 1.71. The van der Waals surface area contributed by atoms with Crippen molar-refractivity contribution >= 4 is 11.3 Å². The maximum Gasteiger partial charge on any atom is 0.0900 e. The topological polar surface area (TPSA) is 45.2 Å². The Morgan fingerprint density at radius 3 is 2.47 bits per heavy atom. The predicted molar refractivity (Wildman–Crippen MR) is 79.4 cm³/mol. The normalized spacial score (nSPS) is 14.3. The van der Waals surface area contributed by atoms with Crippen molar-refractivity contribution in [2.75, 3.05) is 6.61 Å². The first-order valence-electron chi connectivity index (χ1n) is 6.47. The zero-order chi connectivity index (χ0) is 13.8. The molecule has 1 heterocycles. The summed E-state index contributed by atoms with van der Waals surface area (Å²) in [6.07, 6.45) is 0. The minimum atomic E-state index is -0.0435. The number of aliphatic hydroxyl groups is 1. The molecular formula is C15H20N2OS. The van der Waals surface area contributed by atoms with Crippen LogP contribution in [0.2, 0.25) is 0 Å². The largest absolute Gasteiger partial charge is 0.394 e. The quantitative estimate of drug-likeness (QED) is 0.882. The number of hydrogen-bond donors (Lipinski definition) is 2. The Kier molecular flexibility index (Phi) is 4.69. The first-order chi connectivity index (χ1) is 9.11. The second-order valence-corrected chi connectivity index (χ2v) is 5.95. The first kappa shape index (κ1) is 14.2. The highest BCUT2D eigenvalue weighted by Gasteiger charge is 2.17. The second-order valence-electron chi connectivity index (χ2n) is 4.72. The number of hydrogen-bond acceptors (Lipinski definition) is 4. The van der Waals surface area contributed by atoms with Crippen LogP contribution in [-0.2, 0) is 0 Å². The van der Waals surface area contributed by atoms with Crippen LogP contribution >= 0.6 is 11.3 Å². The summed E-state index contributed by atoms with van der Waals surface area (Å²) in [5.41, 5.74) is 2.18. The molecule has 0 amide bonds. The van der Waals surface area contributed by atoms with Crippen molar-refractivity contribution in [1.82, 2.24) is 10.3 Å². The Labute approximate surface area is 118 Å². The van der Waals surface area contributed by atoms with Gasteiger partial charge < -0.3 is 10.4 Å². The van der Waals surface area contributed by atoms with Crippen molar-refractivity contribution < 1.29 is 5.11 Å². The van der Waals surface area contributed by atoms with E-state index < -0.39 is 0 Å². The average Bonchev–Trinajstić information content (AvgIpc) is 2.76. The molecule has 2 rings (SSSR count). The fraction of sp³-hybridized carbons (Fsp3) is 0.400. The van der Waals surface area contributed by atoms with Crippen LogP contribution in [-0.4, -0.2) is 16.7 Å². The van der Waals surface area contributed by atoms with Crippen LogP contribution in [0.5, 0.6) is 0 Å². The van der Waals surface area contributed by atoms with E-state index in [2.05, 4.69) is 17.2 Å². The van der Waals surface area contributed by atoms with Gasteiger partial charge >= 0.3 is 0 Å². The number of nitrogens with zero attached hydrogens (tertiary/aromatic N) is 1.